The van der Waals surface area contributed by atoms with Gasteiger partial charge in [-0.3, -0.25) is 13.6 Å². The van der Waals surface area contributed by atoms with E-state index in [2.05, 4.69) is 5.32 Å². The van der Waals surface area contributed by atoms with Gasteiger partial charge in [-0.25, -0.2) is 4.57 Å². The van der Waals surface area contributed by atoms with Crippen molar-refractivity contribution in [3.05, 3.63) is 0 Å². The molecule has 0 aromatic heterocycles. The molecule has 1 saturated heterocycles. The first-order valence-corrected chi connectivity index (χ1v) is 9.64. The Morgan fingerprint density at radius 3 is 1.76 bits per heavy atom. The number of rotatable bonds is 6. The molecule has 0 amide bonds. The summed E-state index contributed by atoms with van der Waals surface area (Å²) in [6.45, 7) is 0.471. The molecule has 1 rings (SSSR count). The highest BCUT2D eigenvalue weighted by atomic mass is 35.6. The maximum absolute atomic E-state index is 12.5. The summed E-state index contributed by atoms with van der Waals surface area (Å²) >= 11 is 33.3. The van der Waals surface area contributed by atoms with Gasteiger partial charge in [-0.15, -0.1) is 0 Å². The molecule has 21 heavy (non-hydrogen) atoms. The SMILES string of the molecule is O=P(OCC(Cl)(Cl)Cl)(OCC(Cl)(Cl)Cl)OC1CCNCC1. The Bertz CT molecular complexity index is 346. The monoisotopic (exact) mass is 441 g/mol. The normalized spacial score (nSPS) is 19.0. The Kier molecular flexibility index (Phi) is 8.71. The fraction of sp³-hybridized carbons (Fsp3) is 1.00. The highest BCUT2D eigenvalue weighted by molar-refractivity contribution is 7.48. The number of hydrogen-bond donors (Lipinski definition) is 1. The van der Waals surface area contributed by atoms with E-state index >= 15 is 0 Å². The summed E-state index contributed by atoms with van der Waals surface area (Å²) in [5.74, 6) is 0. The molecule has 1 aliphatic rings. The van der Waals surface area contributed by atoms with E-state index in [1.165, 1.54) is 0 Å². The van der Waals surface area contributed by atoms with Gasteiger partial charge in [0.05, 0.1) is 6.10 Å². The van der Waals surface area contributed by atoms with Gasteiger partial charge in [0.2, 0.25) is 7.59 Å². The number of phosphoric acid groups is 1. The van der Waals surface area contributed by atoms with E-state index in [9.17, 15) is 4.57 Å². The summed E-state index contributed by atoms with van der Waals surface area (Å²) in [5, 5.41) is 3.14. The van der Waals surface area contributed by atoms with Crippen LogP contribution < -0.4 is 5.32 Å². The third-order valence-corrected chi connectivity index (χ3v) is 4.44. The van der Waals surface area contributed by atoms with Crippen molar-refractivity contribution < 1.29 is 18.1 Å². The van der Waals surface area contributed by atoms with Crippen molar-refractivity contribution in [1.82, 2.24) is 5.32 Å². The van der Waals surface area contributed by atoms with E-state index in [0.29, 0.717) is 12.8 Å². The summed E-state index contributed by atoms with van der Waals surface area (Å²) in [7, 11) is -4.02. The van der Waals surface area contributed by atoms with Gasteiger partial charge in [-0.2, -0.15) is 0 Å². The lowest BCUT2D eigenvalue weighted by atomic mass is 10.1. The molecule has 0 aliphatic carbocycles. The van der Waals surface area contributed by atoms with Crippen LogP contribution in [0.25, 0.3) is 0 Å². The zero-order valence-corrected chi connectivity index (χ0v) is 16.1. The molecule has 0 bridgehead atoms. The van der Waals surface area contributed by atoms with Crippen molar-refractivity contribution in [2.45, 2.75) is 26.5 Å². The van der Waals surface area contributed by atoms with Crippen molar-refractivity contribution in [1.29, 1.82) is 0 Å². The second-order valence-electron chi connectivity index (χ2n) is 4.28. The number of alkyl halides is 6. The van der Waals surface area contributed by atoms with Gasteiger partial charge in [0.25, 0.3) is 0 Å². The maximum atomic E-state index is 12.5. The maximum Gasteiger partial charge on any atom is 0.475 e. The second kappa shape index (κ2) is 8.77. The molecular weight excluding hydrogens is 430 g/mol. The smallest absolute Gasteiger partial charge is 0.317 e. The first-order valence-electron chi connectivity index (χ1n) is 5.91. The number of piperidine rings is 1. The molecule has 0 unspecified atom stereocenters. The molecule has 126 valence electrons. The average molecular weight is 444 g/mol. The minimum atomic E-state index is -4.02. The molecular formula is C9H14Cl6NO4P. The topological polar surface area (TPSA) is 56.8 Å². The minimum Gasteiger partial charge on any atom is -0.317 e. The Balaban J connectivity index is 2.65. The standard InChI is InChI=1S/C9H14Cl6NO4P/c10-8(11,12)5-18-21(17,19-6-9(13,14)15)20-7-1-3-16-4-2-7/h7,16H,1-6H2. The van der Waals surface area contributed by atoms with E-state index in [1.54, 1.807) is 0 Å². The second-order valence-corrected chi connectivity index (χ2v) is 10.9. The zero-order valence-electron chi connectivity index (χ0n) is 10.7. The van der Waals surface area contributed by atoms with Crippen molar-refractivity contribution in [3.63, 3.8) is 0 Å². The Labute approximate surface area is 153 Å². The average Bonchev–Trinajstić information content (AvgIpc) is 2.34. The van der Waals surface area contributed by atoms with Crippen LogP contribution in [0.4, 0.5) is 0 Å². The van der Waals surface area contributed by atoms with Gasteiger partial charge in [0.1, 0.15) is 13.2 Å². The number of phosphoric ester groups is 1. The molecule has 1 heterocycles. The van der Waals surface area contributed by atoms with E-state index in [4.69, 9.17) is 83.2 Å². The molecule has 0 saturated carbocycles. The van der Waals surface area contributed by atoms with Gasteiger partial charge in [-0.05, 0) is 25.9 Å². The molecule has 1 fully saturated rings. The van der Waals surface area contributed by atoms with Crippen molar-refractivity contribution >= 4 is 77.4 Å². The predicted octanol–water partition coefficient (Wildman–Crippen LogP) is 4.64. The summed E-state index contributed by atoms with van der Waals surface area (Å²) < 4.78 is 24.4. The number of halogens is 6. The quantitative estimate of drug-likeness (QED) is 0.479. The first-order chi connectivity index (χ1) is 9.49. The van der Waals surface area contributed by atoms with Crippen molar-refractivity contribution in [3.8, 4) is 0 Å². The van der Waals surface area contributed by atoms with E-state index in [-0.39, 0.29) is 6.10 Å². The number of nitrogens with one attached hydrogen (secondary N) is 1. The van der Waals surface area contributed by atoms with Crippen molar-refractivity contribution in [2.24, 2.45) is 0 Å². The van der Waals surface area contributed by atoms with E-state index in [0.717, 1.165) is 13.1 Å². The van der Waals surface area contributed by atoms with E-state index < -0.39 is 28.6 Å². The number of hydrogen-bond acceptors (Lipinski definition) is 5. The Morgan fingerprint density at radius 2 is 1.38 bits per heavy atom. The third kappa shape index (κ3) is 10.3. The molecule has 1 N–H and O–H groups in total. The molecule has 0 aromatic rings. The lowest BCUT2D eigenvalue weighted by molar-refractivity contribution is 0.0663. The van der Waals surface area contributed by atoms with Crippen molar-refractivity contribution in [2.75, 3.05) is 26.3 Å². The van der Waals surface area contributed by atoms with Gasteiger partial charge in [-0.1, -0.05) is 69.6 Å². The fourth-order valence-corrected chi connectivity index (χ4v) is 3.75. The van der Waals surface area contributed by atoms with Crippen LogP contribution >= 0.6 is 77.4 Å². The Hall–Kier alpha value is 1.81. The lowest BCUT2D eigenvalue weighted by Gasteiger charge is -2.28. The van der Waals surface area contributed by atoms with Crippen LogP contribution in [-0.2, 0) is 18.1 Å². The summed E-state index contributed by atoms with van der Waals surface area (Å²) in [6.07, 6.45) is 0.957. The highest BCUT2D eigenvalue weighted by Gasteiger charge is 2.37. The molecule has 0 atom stereocenters. The van der Waals surface area contributed by atoms with Crippen LogP contribution in [0, 0.1) is 0 Å². The third-order valence-electron chi connectivity index (χ3n) is 2.34. The molecule has 5 nitrogen and oxygen atoms in total. The van der Waals surface area contributed by atoms with Gasteiger partial charge < -0.3 is 5.32 Å². The molecule has 0 aromatic carbocycles. The molecule has 0 radical (unpaired) electrons. The summed E-state index contributed by atoms with van der Waals surface area (Å²) in [6, 6.07) is 0. The van der Waals surface area contributed by atoms with Crippen LogP contribution in [0.5, 0.6) is 0 Å². The first kappa shape index (κ1) is 20.9. The zero-order chi connectivity index (χ0) is 16.1. The minimum absolute atomic E-state index is 0.317. The predicted molar refractivity (Wildman–Crippen MR) is 87.1 cm³/mol. The van der Waals surface area contributed by atoms with Crippen LogP contribution in [0.3, 0.4) is 0 Å². The fourth-order valence-electron chi connectivity index (χ4n) is 1.49. The van der Waals surface area contributed by atoms with Crippen LogP contribution in [-0.4, -0.2) is 40.0 Å². The summed E-state index contributed by atoms with van der Waals surface area (Å²) in [5.41, 5.74) is 0. The van der Waals surface area contributed by atoms with Gasteiger partial charge in [0.15, 0.2) is 0 Å². The van der Waals surface area contributed by atoms with Crippen LogP contribution in [0.1, 0.15) is 12.8 Å². The highest BCUT2D eigenvalue weighted by Crippen LogP contribution is 2.54. The molecule has 1 aliphatic heterocycles. The Morgan fingerprint density at radius 1 is 0.952 bits per heavy atom. The van der Waals surface area contributed by atoms with Gasteiger partial charge in [0, 0.05) is 0 Å². The van der Waals surface area contributed by atoms with E-state index in [1.807, 2.05) is 0 Å². The molecule has 0 spiro atoms. The largest absolute Gasteiger partial charge is 0.475 e. The lowest BCUT2D eigenvalue weighted by Crippen LogP contribution is -2.32. The summed E-state index contributed by atoms with van der Waals surface area (Å²) in [4.78, 5) is 0. The molecule has 12 heteroatoms. The van der Waals surface area contributed by atoms with Crippen LogP contribution in [0.2, 0.25) is 0 Å². The van der Waals surface area contributed by atoms with Crippen LogP contribution in [0.15, 0.2) is 0 Å². The van der Waals surface area contributed by atoms with Gasteiger partial charge >= 0.3 is 7.82 Å².